The van der Waals surface area contributed by atoms with Crippen molar-refractivity contribution in [3.05, 3.63) is 71.4 Å². The van der Waals surface area contributed by atoms with E-state index in [9.17, 15) is 4.79 Å². The molecule has 0 aliphatic heterocycles. The summed E-state index contributed by atoms with van der Waals surface area (Å²) in [5, 5.41) is 12.9. The normalized spacial score (nSPS) is 11.1. The Bertz CT molecular complexity index is 1080. The smallest absolute Gasteiger partial charge is 0.219 e. The van der Waals surface area contributed by atoms with Crippen LogP contribution in [0.3, 0.4) is 0 Å². The van der Waals surface area contributed by atoms with E-state index in [1.165, 1.54) is 5.56 Å². The number of primary amides is 1. The van der Waals surface area contributed by atoms with Gasteiger partial charge in [0.2, 0.25) is 5.91 Å². The van der Waals surface area contributed by atoms with Crippen LogP contribution in [0.1, 0.15) is 12.0 Å². The molecule has 1 amide bonds. The fourth-order valence-corrected chi connectivity index (χ4v) is 3.67. The number of benzene rings is 3. The number of halogens is 1. The Balaban J connectivity index is 1.67. The number of nitrogens with zero attached hydrogens (tertiary/aromatic N) is 2. The van der Waals surface area contributed by atoms with Crippen LogP contribution in [0.5, 0.6) is 0 Å². The van der Waals surface area contributed by atoms with Crippen molar-refractivity contribution in [1.82, 2.24) is 9.78 Å². The van der Waals surface area contributed by atoms with Gasteiger partial charge in [0.15, 0.2) is 0 Å². The van der Waals surface area contributed by atoms with Crippen LogP contribution in [0.2, 0.25) is 5.02 Å². The molecule has 136 valence electrons. The molecular formula is C21H19ClN4O. The topological polar surface area (TPSA) is 72.9 Å². The molecule has 0 radical (unpaired) electrons. The molecule has 6 heteroatoms. The zero-order valence-corrected chi connectivity index (χ0v) is 15.4. The number of aromatic nitrogens is 2. The standard InChI is InChI=1S/C21H19ClN4O/c22-21-16-7-3-1-5-14(16)18(15-6-2-4-8-17(15)21)13-24-20-10-12-26(25-20)11-9-19(23)27/h1-8,10,12H,9,11,13H2,(H2,23,27)(H,24,25). The number of amides is 1. The van der Waals surface area contributed by atoms with E-state index in [0.717, 1.165) is 32.4 Å². The van der Waals surface area contributed by atoms with Gasteiger partial charge in [-0.2, -0.15) is 5.10 Å². The first-order chi connectivity index (χ1) is 13.1. The van der Waals surface area contributed by atoms with Crippen LogP contribution >= 0.6 is 11.6 Å². The second-order valence-corrected chi connectivity index (χ2v) is 6.80. The van der Waals surface area contributed by atoms with Gasteiger partial charge >= 0.3 is 0 Å². The Labute approximate surface area is 161 Å². The molecule has 0 aliphatic rings. The monoisotopic (exact) mass is 378 g/mol. The van der Waals surface area contributed by atoms with Crippen LogP contribution in [-0.4, -0.2) is 15.7 Å². The quantitative estimate of drug-likeness (QED) is 0.490. The van der Waals surface area contributed by atoms with Crippen molar-refractivity contribution in [3.63, 3.8) is 0 Å². The third-order valence-corrected chi connectivity index (χ3v) is 5.06. The molecule has 4 rings (SSSR count). The van der Waals surface area contributed by atoms with Crippen molar-refractivity contribution >= 4 is 44.9 Å². The first kappa shape index (κ1) is 17.4. The van der Waals surface area contributed by atoms with Gasteiger partial charge in [-0.25, -0.2) is 0 Å². The molecule has 1 aromatic heterocycles. The third-order valence-electron chi connectivity index (χ3n) is 4.65. The van der Waals surface area contributed by atoms with E-state index in [-0.39, 0.29) is 12.3 Å². The Morgan fingerprint density at radius 1 is 1.00 bits per heavy atom. The number of nitrogens with two attached hydrogens (primary N) is 1. The largest absolute Gasteiger partial charge is 0.370 e. The van der Waals surface area contributed by atoms with Crippen LogP contribution in [0.4, 0.5) is 5.82 Å². The molecule has 3 aromatic carbocycles. The number of hydrogen-bond acceptors (Lipinski definition) is 3. The minimum Gasteiger partial charge on any atom is -0.370 e. The lowest BCUT2D eigenvalue weighted by Crippen LogP contribution is -2.14. The maximum absolute atomic E-state index is 10.9. The number of nitrogens with one attached hydrogen (secondary N) is 1. The first-order valence-electron chi connectivity index (χ1n) is 8.77. The summed E-state index contributed by atoms with van der Waals surface area (Å²) in [6, 6.07) is 18.2. The second-order valence-electron chi connectivity index (χ2n) is 6.42. The van der Waals surface area contributed by atoms with E-state index in [1.807, 2.05) is 48.7 Å². The van der Waals surface area contributed by atoms with Gasteiger partial charge in [-0.1, -0.05) is 60.1 Å². The Morgan fingerprint density at radius 2 is 1.59 bits per heavy atom. The average molecular weight is 379 g/mol. The first-order valence-corrected chi connectivity index (χ1v) is 9.15. The Hall–Kier alpha value is -3.05. The maximum atomic E-state index is 10.9. The van der Waals surface area contributed by atoms with Crippen LogP contribution in [-0.2, 0) is 17.9 Å². The van der Waals surface area contributed by atoms with E-state index in [4.69, 9.17) is 17.3 Å². The lowest BCUT2D eigenvalue weighted by molar-refractivity contribution is -0.118. The fourth-order valence-electron chi connectivity index (χ4n) is 3.34. The molecule has 0 aliphatic carbocycles. The minimum absolute atomic E-state index is 0.271. The van der Waals surface area contributed by atoms with Crippen LogP contribution in [0.15, 0.2) is 60.8 Å². The van der Waals surface area contributed by atoms with E-state index in [2.05, 4.69) is 22.5 Å². The van der Waals surface area contributed by atoms with Gasteiger partial charge < -0.3 is 11.1 Å². The molecule has 5 nitrogen and oxygen atoms in total. The predicted octanol–water partition coefficient (Wildman–Crippen LogP) is 4.33. The molecule has 0 saturated heterocycles. The lowest BCUT2D eigenvalue weighted by atomic mass is 9.96. The molecule has 0 fully saturated rings. The van der Waals surface area contributed by atoms with Gasteiger partial charge in [0.25, 0.3) is 0 Å². The predicted molar refractivity (Wildman–Crippen MR) is 110 cm³/mol. The number of rotatable bonds is 6. The molecule has 3 N–H and O–H groups in total. The number of aryl methyl sites for hydroxylation is 1. The summed E-state index contributed by atoms with van der Waals surface area (Å²) < 4.78 is 1.71. The van der Waals surface area contributed by atoms with Crippen LogP contribution < -0.4 is 11.1 Å². The van der Waals surface area contributed by atoms with Crippen molar-refractivity contribution in [1.29, 1.82) is 0 Å². The van der Waals surface area contributed by atoms with Crippen molar-refractivity contribution in [2.45, 2.75) is 19.5 Å². The third kappa shape index (κ3) is 3.46. The molecule has 0 spiro atoms. The lowest BCUT2D eigenvalue weighted by Gasteiger charge is -2.14. The van der Waals surface area contributed by atoms with Gasteiger partial charge in [-0.3, -0.25) is 9.48 Å². The van der Waals surface area contributed by atoms with Gasteiger partial charge in [0.1, 0.15) is 5.82 Å². The van der Waals surface area contributed by atoms with Crippen molar-refractivity contribution in [2.24, 2.45) is 5.73 Å². The summed E-state index contributed by atoms with van der Waals surface area (Å²) in [4.78, 5) is 10.9. The highest BCUT2D eigenvalue weighted by atomic mass is 35.5. The van der Waals surface area contributed by atoms with E-state index < -0.39 is 0 Å². The molecule has 27 heavy (non-hydrogen) atoms. The highest BCUT2D eigenvalue weighted by Gasteiger charge is 2.12. The summed E-state index contributed by atoms with van der Waals surface area (Å²) >= 11 is 6.65. The summed E-state index contributed by atoms with van der Waals surface area (Å²) in [5.74, 6) is 0.418. The summed E-state index contributed by atoms with van der Waals surface area (Å²) in [7, 11) is 0. The zero-order valence-electron chi connectivity index (χ0n) is 14.7. The minimum atomic E-state index is -0.334. The summed E-state index contributed by atoms with van der Waals surface area (Å²) in [6.07, 6.45) is 2.11. The molecule has 0 saturated carbocycles. The van der Waals surface area contributed by atoms with Gasteiger partial charge in [0.05, 0.1) is 5.02 Å². The summed E-state index contributed by atoms with van der Waals surface area (Å²) in [5.41, 5.74) is 6.37. The van der Waals surface area contributed by atoms with E-state index in [1.54, 1.807) is 4.68 Å². The van der Waals surface area contributed by atoms with Crippen molar-refractivity contribution in [2.75, 3.05) is 5.32 Å². The number of hydrogen-bond donors (Lipinski definition) is 2. The highest BCUT2D eigenvalue weighted by molar-refractivity contribution is 6.41. The number of anilines is 1. The summed E-state index contributed by atoms with van der Waals surface area (Å²) in [6.45, 7) is 1.09. The molecule has 1 heterocycles. The zero-order chi connectivity index (χ0) is 18.8. The van der Waals surface area contributed by atoms with Crippen LogP contribution in [0, 0.1) is 0 Å². The Kier molecular flexibility index (Phi) is 4.69. The number of fused-ring (bicyclic) bond motifs is 2. The maximum Gasteiger partial charge on any atom is 0.219 e. The van der Waals surface area contributed by atoms with Crippen molar-refractivity contribution in [3.8, 4) is 0 Å². The molecular weight excluding hydrogens is 360 g/mol. The van der Waals surface area contributed by atoms with E-state index in [0.29, 0.717) is 13.1 Å². The molecule has 0 atom stereocenters. The van der Waals surface area contributed by atoms with Gasteiger partial charge in [-0.05, 0) is 16.3 Å². The number of carbonyl (C=O) groups excluding carboxylic acids is 1. The Morgan fingerprint density at radius 3 is 2.19 bits per heavy atom. The second kappa shape index (κ2) is 7.29. The molecule has 0 bridgehead atoms. The van der Waals surface area contributed by atoms with Gasteiger partial charge in [0, 0.05) is 42.5 Å². The van der Waals surface area contributed by atoms with Gasteiger partial charge in [-0.15, -0.1) is 0 Å². The molecule has 4 aromatic rings. The van der Waals surface area contributed by atoms with E-state index >= 15 is 0 Å². The molecule has 0 unspecified atom stereocenters. The average Bonchev–Trinajstić information content (AvgIpc) is 3.14. The highest BCUT2D eigenvalue weighted by Crippen LogP contribution is 2.36. The van der Waals surface area contributed by atoms with Crippen molar-refractivity contribution < 1.29 is 4.79 Å². The SMILES string of the molecule is NC(=O)CCn1ccc(NCc2c3ccccc3c(Cl)c3ccccc23)n1. The van der Waals surface area contributed by atoms with Crippen LogP contribution in [0.25, 0.3) is 21.5 Å². The number of carbonyl (C=O) groups is 1. The fraction of sp³-hybridized carbons (Fsp3) is 0.143.